The van der Waals surface area contributed by atoms with E-state index in [1.165, 1.54) is 0 Å². The highest BCUT2D eigenvalue weighted by atomic mass is 35.5. The standard InChI is InChI=1S/C9H15F3N2O.ClH/c10-9(11,12)4-3-8(15)14-6-5-13-7-1-2-7;/h7,13H,1-6H2,(H,14,15);1H. The van der Waals surface area contributed by atoms with Crippen molar-refractivity contribution in [2.24, 2.45) is 0 Å². The number of amides is 1. The molecule has 0 saturated heterocycles. The van der Waals surface area contributed by atoms with E-state index in [2.05, 4.69) is 10.6 Å². The fourth-order valence-electron chi connectivity index (χ4n) is 1.11. The Bertz CT molecular complexity index is 219. The van der Waals surface area contributed by atoms with E-state index in [4.69, 9.17) is 0 Å². The van der Waals surface area contributed by atoms with Crippen LogP contribution in [0.4, 0.5) is 13.2 Å². The average molecular weight is 261 g/mol. The molecule has 2 N–H and O–H groups in total. The first kappa shape index (κ1) is 15.5. The van der Waals surface area contributed by atoms with Gasteiger partial charge in [-0.1, -0.05) is 0 Å². The SMILES string of the molecule is Cl.O=C(CCC(F)(F)F)NCCNC1CC1. The highest BCUT2D eigenvalue weighted by molar-refractivity contribution is 5.85. The molecule has 0 unspecified atom stereocenters. The Morgan fingerprint density at radius 1 is 1.25 bits per heavy atom. The highest BCUT2D eigenvalue weighted by Gasteiger charge is 2.27. The molecule has 0 radical (unpaired) electrons. The summed E-state index contributed by atoms with van der Waals surface area (Å²) in [6.07, 6.45) is -3.46. The smallest absolute Gasteiger partial charge is 0.355 e. The van der Waals surface area contributed by atoms with Crippen LogP contribution < -0.4 is 10.6 Å². The molecule has 0 aromatic carbocycles. The lowest BCUT2D eigenvalue weighted by molar-refractivity contribution is -0.144. The number of hydrogen-bond acceptors (Lipinski definition) is 2. The van der Waals surface area contributed by atoms with Crippen LogP contribution in [0.3, 0.4) is 0 Å². The third-order valence-corrected chi connectivity index (χ3v) is 2.09. The van der Waals surface area contributed by atoms with Crippen LogP contribution in [0.15, 0.2) is 0 Å². The van der Waals surface area contributed by atoms with Crippen molar-refractivity contribution in [2.75, 3.05) is 13.1 Å². The molecule has 1 fully saturated rings. The minimum Gasteiger partial charge on any atom is -0.355 e. The summed E-state index contributed by atoms with van der Waals surface area (Å²) < 4.78 is 35.2. The molecular formula is C9H16ClF3N2O. The lowest BCUT2D eigenvalue weighted by Gasteiger charge is -2.07. The lowest BCUT2D eigenvalue weighted by atomic mass is 10.3. The summed E-state index contributed by atoms with van der Waals surface area (Å²) in [5.41, 5.74) is 0. The van der Waals surface area contributed by atoms with Gasteiger partial charge in [0.05, 0.1) is 6.42 Å². The van der Waals surface area contributed by atoms with Crippen LogP contribution in [0.25, 0.3) is 0 Å². The maximum Gasteiger partial charge on any atom is 0.389 e. The van der Waals surface area contributed by atoms with Gasteiger partial charge in [0.2, 0.25) is 5.91 Å². The number of alkyl halides is 3. The number of halogens is 4. The molecule has 0 heterocycles. The third-order valence-electron chi connectivity index (χ3n) is 2.09. The quantitative estimate of drug-likeness (QED) is 0.713. The summed E-state index contributed by atoms with van der Waals surface area (Å²) in [5.74, 6) is -0.537. The largest absolute Gasteiger partial charge is 0.389 e. The average Bonchev–Trinajstić information content (AvgIpc) is 2.91. The maximum atomic E-state index is 11.7. The monoisotopic (exact) mass is 260 g/mol. The molecule has 96 valence electrons. The highest BCUT2D eigenvalue weighted by Crippen LogP contribution is 2.21. The molecule has 0 aromatic heterocycles. The first-order valence-electron chi connectivity index (χ1n) is 5.04. The second kappa shape index (κ2) is 6.96. The molecule has 3 nitrogen and oxygen atoms in total. The van der Waals surface area contributed by atoms with Gasteiger partial charge in [0.1, 0.15) is 0 Å². The van der Waals surface area contributed by atoms with Gasteiger partial charge in [-0.25, -0.2) is 0 Å². The Labute approximate surface area is 98.6 Å². The van der Waals surface area contributed by atoms with Crippen LogP contribution in [0.5, 0.6) is 0 Å². The normalized spacial score (nSPS) is 15.4. The molecule has 1 amide bonds. The van der Waals surface area contributed by atoms with Crippen LogP contribution in [0.1, 0.15) is 25.7 Å². The van der Waals surface area contributed by atoms with E-state index in [0.717, 1.165) is 12.8 Å². The summed E-state index contributed by atoms with van der Waals surface area (Å²) >= 11 is 0. The summed E-state index contributed by atoms with van der Waals surface area (Å²) in [6, 6.07) is 0.553. The van der Waals surface area contributed by atoms with Crippen LogP contribution in [0, 0.1) is 0 Å². The zero-order valence-electron chi connectivity index (χ0n) is 8.77. The van der Waals surface area contributed by atoms with E-state index < -0.39 is 24.9 Å². The molecule has 16 heavy (non-hydrogen) atoms. The van der Waals surface area contributed by atoms with Crippen molar-refractivity contribution in [1.82, 2.24) is 10.6 Å². The molecule has 1 aliphatic rings. The van der Waals surface area contributed by atoms with Crippen molar-refractivity contribution in [3.8, 4) is 0 Å². The maximum absolute atomic E-state index is 11.7. The van der Waals surface area contributed by atoms with E-state index in [9.17, 15) is 18.0 Å². The van der Waals surface area contributed by atoms with Gasteiger partial charge >= 0.3 is 6.18 Å². The van der Waals surface area contributed by atoms with E-state index in [1.807, 2.05) is 0 Å². The Kier molecular flexibility index (Phi) is 6.74. The van der Waals surface area contributed by atoms with Crippen molar-refractivity contribution < 1.29 is 18.0 Å². The first-order chi connectivity index (χ1) is 6.97. The van der Waals surface area contributed by atoms with Gasteiger partial charge in [-0.3, -0.25) is 4.79 Å². The third kappa shape index (κ3) is 8.79. The molecule has 0 bridgehead atoms. The van der Waals surface area contributed by atoms with Crippen molar-refractivity contribution in [2.45, 2.75) is 37.9 Å². The first-order valence-corrected chi connectivity index (χ1v) is 5.04. The summed E-state index contributed by atoms with van der Waals surface area (Å²) in [6.45, 7) is 1.02. The minimum absolute atomic E-state index is 0. The summed E-state index contributed by atoms with van der Waals surface area (Å²) in [4.78, 5) is 10.9. The number of carbonyl (C=O) groups is 1. The molecule has 7 heteroatoms. The van der Waals surface area contributed by atoms with Crippen molar-refractivity contribution in [3.63, 3.8) is 0 Å². The summed E-state index contributed by atoms with van der Waals surface area (Å²) in [7, 11) is 0. The molecule has 1 saturated carbocycles. The van der Waals surface area contributed by atoms with Gasteiger partial charge in [-0.2, -0.15) is 13.2 Å². The summed E-state index contributed by atoms with van der Waals surface area (Å²) in [5, 5.41) is 5.58. The molecule has 1 aliphatic carbocycles. The van der Waals surface area contributed by atoms with Gasteiger partial charge in [-0.05, 0) is 12.8 Å². The van der Waals surface area contributed by atoms with Crippen LogP contribution in [0.2, 0.25) is 0 Å². The Balaban J connectivity index is 0.00000225. The molecule has 1 rings (SSSR count). The number of rotatable bonds is 6. The fraction of sp³-hybridized carbons (Fsp3) is 0.889. The van der Waals surface area contributed by atoms with Gasteiger partial charge in [0, 0.05) is 25.6 Å². The predicted octanol–water partition coefficient (Wildman–Crippen LogP) is 1.62. The van der Waals surface area contributed by atoms with Crippen molar-refractivity contribution >= 4 is 18.3 Å². The second-order valence-corrected chi connectivity index (χ2v) is 3.69. The van der Waals surface area contributed by atoms with E-state index in [1.54, 1.807) is 0 Å². The zero-order valence-corrected chi connectivity index (χ0v) is 9.59. The van der Waals surface area contributed by atoms with E-state index in [-0.39, 0.29) is 12.4 Å². The van der Waals surface area contributed by atoms with Crippen LogP contribution in [-0.2, 0) is 4.79 Å². The number of nitrogens with one attached hydrogen (secondary N) is 2. The topological polar surface area (TPSA) is 41.1 Å². The van der Waals surface area contributed by atoms with Gasteiger partial charge in [0.15, 0.2) is 0 Å². The molecule has 0 atom stereocenters. The zero-order chi connectivity index (χ0) is 11.3. The Morgan fingerprint density at radius 2 is 1.88 bits per heavy atom. The number of carbonyl (C=O) groups excluding carboxylic acids is 1. The molecular weight excluding hydrogens is 245 g/mol. The Hall–Kier alpha value is -0.490. The minimum atomic E-state index is -4.25. The predicted molar refractivity (Wildman–Crippen MR) is 56.6 cm³/mol. The van der Waals surface area contributed by atoms with Crippen LogP contribution >= 0.6 is 12.4 Å². The van der Waals surface area contributed by atoms with E-state index in [0.29, 0.717) is 19.1 Å². The van der Waals surface area contributed by atoms with Gasteiger partial charge < -0.3 is 10.6 Å². The fourth-order valence-corrected chi connectivity index (χ4v) is 1.11. The molecule has 0 aliphatic heterocycles. The Morgan fingerprint density at radius 3 is 2.38 bits per heavy atom. The molecule has 0 spiro atoms. The molecule has 0 aromatic rings. The van der Waals surface area contributed by atoms with E-state index >= 15 is 0 Å². The van der Waals surface area contributed by atoms with Gasteiger partial charge in [0.25, 0.3) is 0 Å². The number of hydrogen-bond donors (Lipinski definition) is 2. The van der Waals surface area contributed by atoms with Crippen molar-refractivity contribution in [1.29, 1.82) is 0 Å². The second-order valence-electron chi connectivity index (χ2n) is 3.69. The van der Waals surface area contributed by atoms with Crippen molar-refractivity contribution in [3.05, 3.63) is 0 Å². The lowest BCUT2D eigenvalue weighted by Crippen LogP contribution is -2.33. The van der Waals surface area contributed by atoms with Crippen LogP contribution in [-0.4, -0.2) is 31.2 Å². The van der Waals surface area contributed by atoms with Gasteiger partial charge in [-0.15, -0.1) is 12.4 Å².